The summed E-state index contributed by atoms with van der Waals surface area (Å²) in [5, 5.41) is 6.55. The highest BCUT2D eigenvalue weighted by Crippen LogP contribution is 2.33. The minimum Gasteiger partial charge on any atom is -0.492 e. The summed E-state index contributed by atoms with van der Waals surface area (Å²) in [5.74, 6) is 3.42. The molecule has 0 aliphatic carbocycles. The Morgan fingerprint density at radius 1 is 0.964 bits per heavy atom. The van der Waals surface area contributed by atoms with E-state index >= 15 is 0 Å². The van der Waals surface area contributed by atoms with Crippen LogP contribution in [0.5, 0.6) is 17.2 Å². The largest absolute Gasteiger partial charge is 0.492 e. The van der Waals surface area contributed by atoms with Crippen LogP contribution >= 0.6 is 0 Å². The molecule has 144 valence electrons. The number of ether oxygens (including phenoxy) is 3. The van der Waals surface area contributed by atoms with Crippen molar-refractivity contribution in [1.29, 1.82) is 0 Å². The van der Waals surface area contributed by atoms with Crippen LogP contribution in [0.25, 0.3) is 0 Å². The number of rotatable bonds is 6. The van der Waals surface area contributed by atoms with E-state index in [0.717, 1.165) is 28.6 Å². The Balaban J connectivity index is 1.56. The Hall–Kier alpha value is -3.48. The van der Waals surface area contributed by atoms with E-state index in [1.54, 1.807) is 0 Å². The SMILES string of the molecule is CCOc1ccccc1Nc1cc(C)nc(Nc2ccc3c(c2)OCCO3)n1. The number of nitrogens with one attached hydrogen (secondary N) is 2. The zero-order valence-corrected chi connectivity index (χ0v) is 15.9. The minimum absolute atomic E-state index is 0.494. The van der Waals surface area contributed by atoms with E-state index in [1.807, 2.05) is 62.4 Å². The molecule has 0 bridgehead atoms. The van der Waals surface area contributed by atoms with Crippen LogP contribution in [-0.2, 0) is 0 Å². The van der Waals surface area contributed by atoms with Crippen LogP contribution < -0.4 is 24.8 Å². The number of hydrogen-bond donors (Lipinski definition) is 2. The Morgan fingerprint density at radius 3 is 2.64 bits per heavy atom. The summed E-state index contributed by atoms with van der Waals surface area (Å²) >= 11 is 0. The van der Waals surface area contributed by atoms with Gasteiger partial charge in [-0.3, -0.25) is 0 Å². The molecule has 0 fully saturated rings. The van der Waals surface area contributed by atoms with E-state index in [-0.39, 0.29) is 0 Å². The summed E-state index contributed by atoms with van der Waals surface area (Å²) < 4.78 is 16.9. The molecule has 7 heteroatoms. The van der Waals surface area contributed by atoms with E-state index in [1.165, 1.54) is 0 Å². The van der Waals surface area contributed by atoms with Gasteiger partial charge in [-0.25, -0.2) is 4.98 Å². The fourth-order valence-corrected chi connectivity index (χ4v) is 2.93. The first-order valence-electron chi connectivity index (χ1n) is 9.22. The highest BCUT2D eigenvalue weighted by molar-refractivity contribution is 5.66. The molecule has 4 rings (SSSR count). The van der Waals surface area contributed by atoms with E-state index in [2.05, 4.69) is 20.6 Å². The van der Waals surface area contributed by atoms with Gasteiger partial charge in [0.15, 0.2) is 11.5 Å². The topological polar surface area (TPSA) is 77.5 Å². The Labute approximate surface area is 163 Å². The predicted octanol–water partition coefficient (Wildman–Crippen LogP) is 4.44. The van der Waals surface area contributed by atoms with Crippen molar-refractivity contribution in [2.45, 2.75) is 13.8 Å². The van der Waals surface area contributed by atoms with Gasteiger partial charge in [-0.15, -0.1) is 0 Å². The summed E-state index contributed by atoms with van der Waals surface area (Å²) in [5.41, 5.74) is 2.52. The summed E-state index contributed by atoms with van der Waals surface area (Å²) in [6.07, 6.45) is 0. The van der Waals surface area contributed by atoms with E-state index in [4.69, 9.17) is 14.2 Å². The van der Waals surface area contributed by atoms with Crippen molar-refractivity contribution in [3.8, 4) is 17.2 Å². The molecule has 0 amide bonds. The maximum atomic E-state index is 5.67. The number of hydrogen-bond acceptors (Lipinski definition) is 7. The van der Waals surface area contributed by atoms with Gasteiger partial charge >= 0.3 is 0 Å². The standard InChI is InChI=1S/C21H22N4O3/c1-3-26-17-7-5-4-6-16(17)24-20-12-14(2)22-21(25-20)23-15-8-9-18-19(13-15)28-11-10-27-18/h4-9,12-13H,3,10-11H2,1-2H3,(H2,22,23,24,25). The van der Waals surface area contributed by atoms with Gasteiger partial charge < -0.3 is 24.8 Å². The molecule has 0 saturated heterocycles. The Morgan fingerprint density at radius 2 is 1.79 bits per heavy atom. The lowest BCUT2D eigenvalue weighted by Crippen LogP contribution is -2.15. The van der Waals surface area contributed by atoms with Crippen molar-refractivity contribution in [1.82, 2.24) is 9.97 Å². The Bertz CT molecular complexity index is 978. The second-order valence-electron chi connectivity index (χ2n) is 6.26. The third kappa shape index (κ3) is 4.09. The number of anilines is 4. The van der Waals surface area contributed by atoms with Crippen molar-refractivity contribution in [3.63, 3.8) is 0 Å². The summed E-state index contributed by atoms with van der Waals surface area (Å²) in [6, 6.07) is 15.3. The predicted molar refractivity (Wildman–Crippen MR) is 108 cm³/mol. The molecule has 0 unspecified atom stereocenters. The van der Waals surface area contributed by atoms with Crippen molar-refractivity contribution in [2.75, 3.05) is 30.5 Å². The molecule has 7 nitrogen and oxygen atoms in total. The molecule has 0 spiro atoms. The number of fused-ring (bicyclic) bond motifs is 1. The average molecular weight is 378 g/mol. The van der Waals surface area contributed by atoms with E-state index in [9.17, 15) is 0 Å². The molecule has 1 aliphatic heterocycles. The maximum Gasteiger partial charge on any atom is 0.229 e. The Kier molecular flexibility index (Phi) is 5.14. The molecule has 0 radical (unpaired) electrons. The van der Waals surface area contributed by atoms with Gasteiger partial charge in [0, 0.05) is 23.5 Å². The molecule has 0 saturated carbocycles. The normalized spacial score (nSPS) is 12.4. The van der Waals surface area contributed by atoms with Crippen LogP contribution in [0.15, 0.2) is 48.5 Å². The van der Waals surface area contributed by atoms with Gasteiger partial charge in [0.1, 0.15) is 24.8 Å². The van der Waals surface area contributed by atoms with Gasteiger partial charge in [0.2, 0.25) is 5.95 Å². The monoisotopic (exact) mass is 378 g/mol. The third-order valence-electron chi connectivity index (χ3n) is 4.10. The molecular formula is C21H22N4O3. The second-order valence-corrected chi connectivity index (χ2v) is 6.26. The quantitative estimate of drug-likeness (QED) is 0.656. The van der Waals surface area contributed by atoms with Crippen LogP contribution in [0, 0.1) is 6.92 Å². The average Bonchev–Trinajstić information content (AvgIpc) is 2.69. The maximum absolute atomic E-state index is 5.67. The number of nitrogens with zero attached hydrogens (tertiary/aromatic N) is 2. The molecule has 2 N–H and O–H groups in total. The highest BCUT2D eigenvalue weighted by atomic mass is 16.6. The second kappa shape index (κ2) is 8.04. The number of aromatic nitrogens is 2. The van der Waals surface area contributed by atoms with Gasteiger partial charge in [-0.2, -0.15) is 4.98 Å². The molecule has 28 heavy (non-hydrogen) atoms. The third-order valence-corrected chi connectivity index (χ3v) is 4.10. The van der Waals surface area contributed by atoms with E-state index < -0.39 is 0 Å². The van der Waals surface area contributed by atoms with Crippen molar-refractivity contribution in [2.24, 2.45) is 0 Å². The minimum atomic E-state index is 0.494. The van der Waals surface area contributed by atoms with Crippen LogP contribution in [0.2, 0.25) is 0 Å². The van der Waals surface area contributed by atoms with Gasteiger partial charge in [-0.05, 0) is 38.1 Å². The van der Waals surface area contributed by atoms with Gasteiger partial charge in [-0.1, -0.05) is 12.1 Å². The molecule has 2 aromatic carbocycles. The van der Waals surface area contributed by atoms with Crippen LogP contribution in [0.3, 0.4) is 0 Å². The molecule has 1 aliphatic rings. The van der Waals surface area contributed by atoms with Crippen LogP contribution in [0.4, 0.5) is 23.1 Å². The number of benzene rings is 2. The number of aryl methyl sites for hydroxylation is 1. The smallest absolute Gasteiger partial charge is 0.229 e. The van der Waals surface area contributed by atoms with Crippen LogP contribution in [0.1, 0.15) is 12.6 Å². The number of para-hydroxylation sites is 2. The fraction of sp³-hybridized carbons (Fsp3) is 0.238. The van der Waals surface area contributed by atoms with Gasteiger partial charge in [0.05, 0.1) is 12.3 Å². The molecule has 2 heterocycles. The molecule has 1 aromatic heterocycles. The first kappa shape index (κ1) is 17.9. The summed E-state index contributed by atoms with van der Waals surface area (Å²) in [7, 11) is 0. The lowest BCUT2D eigenvalue weighted by molar-refractivity contribution is 0.171. The molecule has 3 aromatic rings. The molecular weight excluding hydrogens is 356 g/mol. The summed E-state index contributed by atoms with van der Waals surface area (Å²) in [6.45, 7) is 5.60. The first-order valence-corrected chi connectivity index (χ1v) is 9.22. The highest BCUT2D eigenvalue weighted by Gasteiger charge is 2.13. The van der Waals surface area contributed by atoms with E-state index in [0.29, 0.717) is 37.3 Å². The van der Waals surface area contributed by atoms with Crippen molar-refractivity contribution >= 4 is 23.1 Å². The first-order chi connectivity index (χ1) is 13.7. The van der Waals surface area contributed by atoms with Crippen molar-refractivity contribution < 1.29 is 14.2 Å². The molecule has 0 atom stereocenters. The lowest BCUT2D eigenvalue weighted by Gasteiger charge is -2.19. The zero-order chi connectivity index (χ0) is 19.3. The summed E-state index contributed by atoms with van der Waals surface area (Å²) in [4.78, 5) is 9.05. The van der Waals surface area contributed by atoms with Crippen LogP contribution in [-0.4, -0.2) is 29.8 Å². The fourth-order valence-electron chi connectivity index (χ4n) is 2.93. The zero-order valence-electron chi connectivity index (χ0n) is 15.9. The van der Waals surface area contributed by atoms with Gasteiger partial charge in [0.25, 0.3) is 0 Å². The lowest BCUT2D eigenvalue weighted by atomic mass is 10.2. The van der Waals surface area contributed by atoms with Crippen molar-refractivity contribution in [3.05, 3.63) is 54.2 Å².